The molecule has 2 aromatic rings. The predicted octanol–water partition coefficient (Wildman–Crippen LogP) is 4.29. The Hall–Kier alpha value is -1.97. The minimum atomic E-state index is -0.520. The zero-order valence-electron chi connectivity index (χ0n) is 16.1. The lowest BCUT2D eigenvalue weighted by molar-refractivity contribution is -0.00430. The Morgan fingerprint density at radius 2 is 1.65 bits per heavy atom. The molecule has 4 rings (SSSR count). The summed E-state index contributed by atoms with van der Waals surface area (Å²) in [5.41, 5.74) is 5.35. The molecule has 1 saturated heterocycles. The minimum Gasteiger partial charge on any atom is -0.379 e. The summed E-state index contributed by atoms with van der Waals surface area (Å²) in [5.74, 6) is 0.189. The van der Waals surface area contributed by atoms with Gasteiger partial charge in [-0.05, 0) is 42.2 Å². The van der Waals surface area contributed by atoms with Crippen LogP contribution in [0, 0.1) is 0 Å². The zero-order valence-corrected chi connectivity index (χ0v) is 16.1. The lowest BCUT2D eigenvalue weighted by atomic mass is 9.81. The van der Waals surface area contributed by atoms with Gasteiger partial charge in [-0.25, -0.2) is 0 Å². The number of Topliss-reactive ketones (excluding diaryl/α,β-unsaturated/α-hetero) is 1. The van der Waals surface area contributed by atoms with E-state index in [0.29, 0.717) is 13.2 Å². The first-order valence-corrected chi connectivity index (χ1v) is 9.45. The summed E-state index contributed by atoms with van der Waals surface area (Å²) in [6.45, 7) is 11.6. The van der Waals surface area contributed by atoms with Gasteiger partial charge in [0.1, 0.15) is 0 Å². The number of hydrogen-bond donors (Lipinski definition) is 0. The highest BCUT2D eigenvalue weighted by Gasteiger charge is 2.39. The second-order valence-corrected chi connectivity index (χ2v) is 8.42. The van der Waals surface area contributed by atoms with Crippen molar-refractivity contribution in [3.8, 4) is 11.1 Å². The molecule has 0 aromatic heterocycles. The number of nitrogens with zero attached hydrogens (tertiary/aromatic N) is 1. The van der Waals surface area contributed by atoms with Gasteiger partial charge in [-0.2, -0.15) is 0 Å². The van der Waals surface area contributed by atoms with E-state index in [2.05, 4.69) is 55.1 Å². The van der Waals surface area contributed by atoms with Crippen LogP contribution in [0.4, 0.5) is 0 Å². The molecule has 2 aromatic carbocycles. The van der Waals surface area contributed by atoms with Gasteiger partial charge in [0, 0.05) is 24.1 Å². The molecule has 0 radical (unpaired) electrons. The number of ether oxygens (including phenoxy) is 1. The summed E-state index contributed by atoms with van der Waals surface area (Å²) in [6.07, 6.45) is 0. The van der Waals surface area contributed by atoms with Gasteiger partial charge < -0.3 is 4.74 Å². The van der Waals surface area contributed by atoms with Crippen LogP contribution < -0.4 is 0 Å². The number of morpholine rings is 1. The van der Waals surface area contributed by atoms with E-state index in [4.69, 9.17) is 4.74 Å². The van der Waals surface area contributed by atoms with Crippen molar-refractivity contribution < 1.29 is 9.53 Å². The van der Waals surface area contributed by atoms with E-state index >= 15 is 0 Å². The third-order valence-corrected chi connectivity index (χ3v) is 6.20. The highest BCUT2D eigenvalue weighted by atomic mass is 16.5. The maximum Gasteiger partial charge on any atom is 0.182 e. The van der Waals surface area contributed by atoms with Crippen LogP contribution in [0.3, 0.4) is 0 Å². The standard InChI is InChI=1S/C23H27NO2/c1-22(2)19-8-6-5-7-17(19)18-10-9-16(15-20(18)22)21(25)23(3,4)24-11-13-26-14-12-24/h5-10,15H,11-14H2,1-4H3. The molecule has 3 nitrogen and oxygen atoms in total. The van der Waals surface area contributed by atoms with Crippen molar-refractivity contribution in [2.75, 3.05) is 26.3 Å². The average Bonchev–Trinajstić information content (AvgIpc) is 2.89. The van der Waals surface area contributed by atoms with E-state index in [0.717, 1.165) is 18.7 Å². The van der Waals surface area contributed by atoms with E-state index in [1.54, 1.807) is 0 Å². The van der Waals surface area contributed by atoms with Gasteiger partial charge in [-0.3, -0.25) is 9.69 Å². The Bertz CT molecular complexity index is 860. The van der Waals surface area contributed by atoms with Gasteiger partial charge in [-0.15, -0.1) is 0 Å². The fraction of sp³-hybridized carbons (Fsp3) is 0.435. The number of ketones is 1. The third-order valence-electron chi connectivity index (χ3n) is 6.20. The fourth-order valence-corrected chi connectivity index (χ4v) is 4.46. The van der Waals surface area contributed by atoms with Crippen LogP contribution in [0.25, 0.3) is 11.1 Å². The molecule has 1 fully saturated rings. The predicted molar refractivity (Wildman–Crippen MR) is 105 cm³/mol. The molecule has 3 heteroatoms. The summed E-state index contributed by atoms with van der Waals surface area (Å²) in [4.78, 5) is 15.6. The smallest absolute Gasteiger partial charge is 0.182 e. The summed E-state index contributed by atoms with van der Waals surface area (Å²) < 4.78 is 5.45. The van der Waals surface area contributed by atoms with Crippen molar-refractivity contribution >= 4 is 5.78 Å². The molecule has 0 saturated carbocycles. The van der Waals surface area contributed by atoms with Gasteiger partial charge in [-0.1, -0.05) is 50.2 Å². The number of hydrogen-bond acceptors (Lipinski definition) is 3. The molecule has 0 N–H and O–H groups in total. The molecule has 1 heterocycles. The molecule has 0 spiro atoms. The number of benzene rings is 2. The zero-order chi connectivity index (χ0) is 18.5. The summed E-state index contributed by atoms with van der Waals surface area (Å²) >= 11 is 0. The fourth-order valence-electron chi connectivity index (χ4n) is 4.46. The third kappa shape index (κ3) is 2.53. The van der Waals surface area contributed by atoms with Crippen molar-refractivity contribution in [3.05, 3.63) is 59.2 Å². The number of carbonyl (C=O) groups is 1. The van der Waals surface area contributed by atoms with Gasteiger partial charge in [0.2, 0.25) is 0 Å². The van der Waals surface area contributed by atoms with Crippen LogP contribution in [0.1, 0.15) is 49.2 Å². The minimum absolute atomic E-state index is 0.0781. The van der Waals surface area contributed by atoms with Crippen molar-refractivity contribution in [3.63, 3.8) is 0 Å². The molecule has 1 aliphatic carbocycles. The first-order valence-electron chi connectivity index (χ1n) is 9.45. The average molecular weight is 349 g/mol. The molecule has 0 bridgehead atoms. The van der Waals surface area contributed by atoms with Crippen LogP contribution in [0.15, 0.2) is 42.5 Å². The maximum absolute atomic E-state index is 13.4. The van der Waals surface area contributed by atoms with Crippen molar-refractivity contribution in [2.24, 2.45) is 0 Å². The second-order valence-electron chi connectivity index (χ2n) is 8.42. The van der Waals surface area contributed by atoms with E-state index in [-0.39, 0.29) is 11.2 Å². The van der Waals surface area contributed by atoms with Gasteiger partial charge in [0.05, 0.1) is 18.8 Å². The highest BCUT2D eigenvalue weighted by Crippen LogP contribution is 2.48. The quantitative estimate of drug-likeness (QED) is 0.775. The Kier molecular flexibility index (Phi) is 4.05. The number of rotatable bonds is 3. The van der Waals surface area contributed by atoms with Crippen molar-refractivity contribution in [1.82, 2.24) is 4.90 Å². The molecule has 2 aliphatic rings. The maximum atomic E-state index is 13.4. The molecule has 136 valence electrons. The van der Waals surface area contributed by atoms with Crippen LogP contribution in [-0.2, 0) is 10.2 Å². The topological polar surface area (TPSA) is 29.5 Å². The normalized spacial score (nSPS) is 19.1. The molecule has 0 atom stereocenters. The van der Waals surface area contributed by atoms with Gasteiger partial charge in [0.25, 0.3) is 0 Å². The van der Waals surface area contributed by atoms with Crippen LogP contribution in [-0.4, -0.2) is 42.5 Å². The highest BCUT2D eigenvalue weighted by molar-refractivity contribution is 6.03. The monoisotopic (exact) mass is 349 g/mol. The summed E-state index contributed by atoms with van der Waals surface area (Å²) in [7, 11) is 0. The Balaban J connectivity index is 1.72. The van der Waals surface area contributed by atoms with Crippen LogP contribution in [0.2, 0.25) is 0 Å². The summed E-state index contributed by atoms with van der Waals surface area (Å²) in [5, 5.41) is 0. The molecule has 0 unspecified atom stereocenters. The van der Waals surface area contributed by atoms with E-state index in [1.165, 1.54) is 22.3 Å². The lowest BCUT2D eigenvalue weighted by Gasteiger charge is -2.39. The Labute approximate surface area is 156 Å². The van der Waals surface area contributed by atoms with E-state index < -0.39 is 5.54 Å². The summed E-state index contributed by atoms with van der Waals surface area (Å²) in [6, 6.07) is 14.8. The first-order chi connectivity index (χ1) is 12.3. The molecule has 0 amide bonds. The number of fused-ring (bicyclic) bond motifs is 3. The first kappa shape index (κ1) is 17.4. The van der Waals surface area contributed by atoms with Crippen LogP contribution >= 0.6 is 0 Å². The molecule has 1 aliphatic heterocycles. The van der Waals surface area contributed by atoms with Crippen LogP contribution in [0.5, 0.6) is 0 Å². The SMILES string of the molecule is CC1(C)c2ccccc2-c2ccc(C(=O)C(C)(C)N3CCOCC3)cc21. The van der Waals surface area contributed by atoms with Crippen molar-refractivity contribution in [1.29, 1.82) is 0 Å². The largest absolute Gasteiger partial charge is 0.379 e. The van der Waals surface area contributed by atoms with Crippen molar-refractivity contribution in [2.45, 2.75) is 38.6 Å². The second kappa shape index (κ2) is 6.04. The Morgan fingerprint density at radius 1 is 1.00 bits per heavy atom. The number of carbonyl (C=O) groups excluding carboxylic acids is 1. The van der Waals surface area contributed by atoms with E-state index in [9.17, 15) is 4.79 Å². The molecular weight excluding hydrogens is 322 g/mol. The lowest BCUT2D eigenvalue weighted by Crippen LogP contribution is -2.54. The molecular formula is C23H27NO2. The van der Waals surface area contributed by atoms with E-state index in [1.807, 2.05) is 19.9 Å². The van der Waals surface area contributed by atoms with Gasteiger partial charge >= 0.3 is 0 Å². The Morgan fingerprint density at radius 3 is 2.38 bits per heavy atom. The van der Waals surface area contributed by atoms with Gasteiger partial charge in [0.15, 0.2) is 5.78 Å². The molecule has 26 heavy (non-hydrogen) atoms.